The number of carbonyl (C=O) groups is 2. The standard InChI is InChI=1S/C23H20BrFN4O3/c24-17-2-1-3-19(11-17)29-13-16(10-22(29)31)23(32)26-8-9-28-14-27-20(12-21(28)30)15-4-6-18(25)7-5-15/h1-7,11-12,14,16H,8-10,13H2,(H,26,32). The first kappa shape index (κ1) is 21.9. The summed E-state index contributed by atoms with van der Waals surface area (Å²) in [4.78, 5) is 43.1. The molecule has 7 nitrogen and oxygen atoms in total. The molecular formula is C23H20BrFN4O3. The van der Waals surface area contributed by atoms with Gasteiger partial charge in [-0.1, -0.05) is 22.0 Å². The van der Waals surface area contributed by atoms with Crippen LogP contribution in [0.5, 0.6) is 0 Å². The molecule has 0 spiro atoms. The van der Waals surface area contributed by atoms with Gasteiger partial charge < -0.3 is 10.2 Å². The van der Waals surface area contributed by atoms with E-state index in [1.54, 1.807) is 17.0 Å². The smallest absolute Gasteiger partial charge is 0.253 e. The van der Waals surface area contributed by atoms with E-state index in [1.807, 2.05) is 24.3 Å². The van der Waals surface area contributed by atoms with E-state index in [-0.39, 0.29) is 42.7 Å². The minimum absolute atomic E-state index is 0.0972. The van der Waals surface area contributed by atoms with Gasteiger partial charge in [-0.25, -0.2) is 9.37 Å². The number of carbonyl (C=O) groups excluding carboxylic acids is 2. The average molecular weight is 499 g/mol. The van der Waals surface area contributed by atoms with Crippen molar-refractivity contribution in [3.05, 3.63) is 81.6 Å². The zero-order valence-corrected chi connectivity index (χ0v) is 18.6. The molecule has 1 aliphatic rings. The number of amides is 2. The van der Waals surface area contributed by atoms with Crippen molar-refractivity contribution in [3.63, 3.8) is 0 Å². The number of anilines is 1. The van der Waals surface area contributed by atoms with E-state index < -0.39 is 5.92 Å². The lowest BCUT2D eigenvalue weighted by Gasteiger charge is -2.17. The topological polar surface area (TPSA) is 84.3 Å². The normalized spacial score (nSPS) is 15.8. The van der Waals surface area contributed by atoms with Crippen LogP contribution >= 0.6 is 15.9 Å². The Bertz CT molecular complexity index is 1210. The monoisotopic (exact) mass is 498 g/mol. The first-order chi connectivity index (χ1) is 15.4. The predicted molar refractivity (Wildman–Crippen MR) is 122 cm³/mol. The minimum atomic E-state index is -0.447. The van der Waals surface area contributed by atoms with Gasteiger partial charge >= 0.3 is 0 Å². The molecule has 1 fully saturated rings. The summed E-state index contributed by atoms with van der Waals surface area (Å²) in [5.41, 5.74) is 1.57. The molecule has 9 heteroatoms. The van der Waals surface area contributed by atoms with E-state index in [9.17, 15) is 18.8 Å². The quantitative estimate of drug-likeness (QED) is 0.566. The predicted octanol–water partition coefficient (Wildman–Crippen LogP) is 2.98. The molecule has 1 unspecified atom stereocenters. The average Bonchev–Trinajstić information content (AvgIpc) is 3.17. The Labute approximate surface area is 192 Å². The molecule has 2 amide bonds. The van der Waals surface area contributed by atoms with E-state index in [0.29, 0.717) is 17.8 Å². The van der Waals surface area contributed by atoms with Gasteiger partial charge in [-0.3, -0.25) is 19.0 Å². The SMILES string of the molecule is O=C(NCCn1cnc(-c2ccc(F)cc2)cc1=O)C1CC(=O)N(c2cccc(Br)c2)C1. The molecule has 0 aliphatic carbocycles. The van der Waals surface area contributed by atoms with Gasteiger partial charge in [0.25, 0.3) is 5.56 Å². The number of aromatic nitrogens is 2. The van der Waals surface area contributed by atoms with Gasteiger partial charge in [-0.15, -0.1) is 0 Å². The Morgan fingerprint density at radius 1 is 1.16 bits per heavy atom. The molecule has 4 rings (SSSR count). The maximum absolute atomic E-state index is 13.1. The van der Waals surface area contributed by atoms with Crippen LogP contribution in [0, 0.1) is 11.7 Å². The van der Waals surface area contributed by atoms with Crippen LogP contribution in [-0.2, 0) is 16.1 Å². The summed E-state index contributed by atoms with van der Waals surface area (Å²) in [6.07, 6.45) is 1.55. The Balaban J connectivity index is 1.32. The summed E-state index contributed by atoms with van der Waals surface area (Å²) in [7, 11) is 0. The Kier molecular flexibility index (Phi) is 6.45. The molecular weight excluding hydrogens is 479 g/mol. The molecule has 0 radical (unpaired) electrons. The van der Waals surface area contributed by atoms with Gasteiger partial charge in [0, 0.05) is 47.8 Å². The third kappa shape index (κ3) is 4.94. The lowest BCUT2D eigenvalue weighted by atomic mass is 10.1. The zero-order chi connectivity index (χ0) is 22.7. The second kappa shape index (κ2) is 9.44. The highest BCUT2D eigenvalue weighted by molar-refractivity contribution is 9.10. The highest BCUT2D eigenvalue weighted by Gasteiger charge is 2.35. The largest absolute Gasteiger partial charge is 0.354 e. The highest BCUT2D eigenvalue weighted by Crippen LogP contribution is 2.27. The van der Waals surface area contributed by atoms with Gasteiger partial charge in [0.05, 0.1) is 17.9 Å². The number of rotatable bonds is 6. The van der Waals surface area contributed by atoms with Crippen LogP contribution in [0.25, 0.3) is 11.3 Å². The third-order valence-corrected chi connectivity index (χ3v) is 5.78. The first-order valence-corrected chi connectivity index (χ1v) is 10.9. The third-order valence-electron chi connectivity index (χ3n) is 5.29. The van der Waals surface area contributed by atoms with Crippen molar-refractivity contribution in [1.29, 1.82) is 0 Å². The van der Waals surface area contributed by atoms with Crippen molar-refractivity contribution < 1.29 is 14.0 Å². The molecule has 2 heterocycles. The van der Waals surface area contributed by atoms with E-state index in [4.69, 9.17) is 0 Å². The first-order valence-electron chi connectivity index (χ1n) is 10.1. The molecule has 1 aromatic heterocycles. The van der Waals surface area contributed by atoms with Crippen molar-refractivity contribution in [2.45, 2.75) is 13.0 Å². The Morgan fingerprint density at radius 2 is 1.94 bits per heavy atom. The van der Waals surface area contributed by atoms with E-state index in [2.05, 4.69) is 26.2 Å². The van der Waals surface area contributed by atoms with Gasteiger partial charge in [0.2, 0.25) is 11.8 Å². The summed E-state index contributed by atoms with van der Waals surface area (Å²) in [5.74, 6) is -1.13. The van der Waals surface area contributed by atoms with Crippen molar-refractivity contribution in [2.24, 2.45) is 5.92 Å². The lowest BCUT2D eigenvalue weighted by Crippen LogP contribution is -2.36. The Hall–Kier alpha value is -3.33. The van der Waals surface area contributed by atoms with Crippen LogP contribution in [0.1, 0.15) is 6.42 Å². The maximum Gasteiger partial charge on any atom is 0.253 e. The van der Waals surface area contributed by atoms with Gasteiger partial charge in [-0.2, -0.15) is 0 Å². The number of halogens is 2. The van der Waals surface area contributed by atoms with Gasteiger partial charge in [-0.05, 0) is 42.5 Å². The van der Waals surface area contributed by atoms with Crippen LogP contribution in [0.2, 0.25) is 0 Å². The van der Waals surface area contributed by atoms with Crippen LogP contribution in [0.15, 0.2) is 70.2 Å². The summed E-state index contributed by atoms with van der Waals surface area (Å²) < 4.78 is 15.3. The van der Waals surface area contributed by atoms with Crippen LogP contribution < -0.4 is 15.8 Å². The number of hydrogen-bond acceptors (Lipinski definition) is 4. The molecule has 0 bridgehead atoms. The molecule has 32 heavy (non-hydrogen) atoms. The van der Waals surface area contributed by atoms with Crippen molar-refractivity contribution in [1.82, 2.24) is 14.9 Å². The number of benzene rings is 2. The van der Waals surface area contributed by atoms with E-state index >= 15 is 0 Å². The zero-order valence-electron chi connectivity index (χ0n) is 17.0. The van der Waals surface area contributed by atoms with Crippen molar-refractivity contribution in [3.8, 4) is 11.3 Å². The summed E-state index contributed by atoms with van der Waals surface area (Å²) in [5, 5.41) is 2.80. The van der Waals surface area contributed by atoms with Crippen molar-refractivity contribution >= 4 is 33.4 Å². The fourth-order valence-electron chi connectivity index (χ4n) is 3.59. The summed E-state index contributed by atoms with van der Waals surface area (Å²) >= 11 is 3.39. The second-order valence-corrected chi connectivity index (χ2v) is 8.40. The number of hydrogen-bond donors (Lipinski definition) is 1. The Morgan fingerprint density at radius 3 is 2.66 bits per heavy atom. The fraction of sp³-hybridized carbons (Fsp3) is 0.217. The maximum atomic E-state index is 13.1. The lowest BCUT2D eigenvalue weighted by molar-refractivity contribution is -0.126. The summed E-state index contributed by atoms with van der Waals surface area (Å²) in [6.45, 7) is 0.796. The molecule has 1 N–H and O–H groups in total. The van der Waals surface area contributed by atoms with Crippen molar-refractivity contribution in [2.75, 3.05) is 18.0 Å². The highest BCUT2D eigenvalue weighted by atomic mass is 79.9. The number of nitrogens with one attached hydrogen (secondary N) is 1. The fourth-order valence-corrected chi connectivity index (χ4v) is 3.98. The summed E-state index contributed by atoms with van der Waals surface area (Å²) in [6, 6.07) is 14.5. The molecule has 1 aliphatic heterocycles. The minimum Gasteiger partial charge on any atom is -0.354 e. The van der Waals surface area contributed by atoms with Gasteiger partial charge in [0.15, 0.2) is 0 Å². The molecule has 164 valence electrons. The van der Waals surface area contributed by atoms with E-state index in [0.717, 1.165) is 10.2 Å². The van der Waals surface area contributed by atoms with Crippen LogP contribution in [0.3, 0.4) is 0 Å². The van der Waals surface area contributed by atoms with Crippen LogP contribution in [-0.4, -0.2) is 34.5 Å². The molecule has 2 aromatic carbocycles. The van der Waals surface area contributed by atoms with Gasteiger partial charge in [0.1, 0.15) is 5.82 Å². The van der Waals surface area contributed by atoms with Crippen LogP contribution in [0.4, 0.5) is 10.1 Å². The molecule has 0 saturated carbocycles. The number of nitrogens with zero attached hydrogens (tertiary/aromatic N) is 3. The van der Waals surface area contributed by atoms with E-state index in [1.165, 1.54) is 29.1 Å². The molecule has 1 atom stereocenters. The molecule has 3 aromatic rings. The molecule has 1 saturated heterocycles. The second-order valence-electron chi connectivity index (χ2n) is 7.49.